The lowest BCUT2D eigenvalue weighted by molar-refractivity contribution is 0.132. The van der Waals surface area contributed by atoms with E-state index in [1.54, 1.807) is 19.5 Å². The minimum atomic E-state index is -0.739. The molecule has 5 rings (SSSR count). The Labute approximate surface area is 188 Å². The Morgan fingerprint density at radius 2 is 1.88 bits per heavy atom. The zero-order chi connectivity index (χ0) is 23.1. The van der Waals surface area contributed by atoms with Crippen LogP contribution in [0.4, 0.5) is 14.5 Å². The molecule has 1 aliphatic heterocycles. The number of nitrogens with one attached hydrogen (secondary N) is 1. The molecule has 2 aromatic carbocycles. The zero-order valence-electron chi connectivity index (χ0n) is 17.9. The molecule has 0 bridgehead atoms. The van der Waals surface area contributed by atoms with Gasteiger partial charge in [-0.15, -0.1) is 0 Å². The number of ether oxygens (including phenoxy) is 1. The van der Waals surface area contributed by atoms with Crippen LogP contribution in [0.3, 0.4) is 0 Å². The highest BCUT2D eigenvalue weighted by Gasteiger charge is 2.29. The van der Waals surface area contributed by atoms with Gasteiger partial charge in [0.05, 0.1) is 35.5 Å². The van der Waals surface area contributed by atoms with Gasteiger partial charge in [0.25, 0.3) is 0 Å². The van der Waals surface area contributed by atoms with Gasteiger partial charge in [0.15, 0.2) is 0 Å². The number of H-pyrrole nitrogens is 1. The molecule has 33 heavy (non-hydrogen) atoms. The molecule has 1 saturated heterocycles. The van der Waals surface area contributed by atoms with Crippen molar-refractivity contribution in [3.05, 3.63) is 60.4 Å². The summed E-state index contributed by atoms with van der Waals surface area (Å²) in [5, 5.41) is 10.5. The zero-order valence-corrected chi connectivity index (χ0v) is 17.9. The first-order valence-electron chi connectivity index (χ1n) is 10.6. The number of methoxy groups -OCH3 is 1. The van der Waals surface area contributed by atoms with Crippen molar-refractivity contribution in [3.8, 4) is 28.3 Å². The fourth-order valence-corrected chi connectivity index (χ4v) is 4.28. The van der Waals surface area contributed by atoms with Gasteiger partial charge in [0, 0.05) is 49.2 Å². The van der Waals surface area contributed by atoms with E-state index in [9.17, 15) is 13.9 Å². The van der Waals surface area contributed by atoms with E-state index in [1.165, 1.54) is 12.1 Å². The van der Waals surface area contributed by atoms with E-state index in [0.29, 0.717) is 46.9 Å². The van der Waals surface area contributed by atoms with E-state index in [0.717, 1.165) is 17.1 Å². The van der Waals surface area contributed by atoms with Crippen molar-refractivity contribution >= 4 is 16.7 Å². The van der Waals surface area contributed by atoms with E-state index in [-0.39, 0.29) is 12.6 Å². The van der Waals surface area contributed by atoms with Gasteiger partial charge in [-0.1, -0.05) is 0 Å². The van der Waals surface area contributed by atoms with Gasteiger partial charge in [0.1, 0.15) is 23.2 Å². The predicted molar refractivity (Wildman–Crippen MR) is 122 cm³/mol. The summed E-state index contributed by atoms with van der Waals surface area (Å²) < 4.78 is 33.4. The molecule has 0 unspecified atom stereocenters. The number of imidazole rings is 1. The van der Waals surface area contributed by atoms with Gasteiger partial charge < -0.3 is 25.5 Å². The second-order valence-electron chi connectivity index (χ2n) is 8.18. The molecule has 0 spiro atoms. The van der Waals surface area contributed by atoms with Crippen molar-refractivity contribution in [2.75, 3.05) is 25.1 Å². The molecule has 0 radical (unpaired) electrons. The maximum atomic E-state index is 14.1. The van der Waals surface area contributed by atoms with Crippen LogP contribution in [0.25, 0.3) is 33.5 Å². The van der Waals surface area contributed by atoms with Crippen LogP contribution in [0.2, 0.25) is 0 Å². The molecule has 2 aromatic heterocycles. The first-order valence-corrected chi connectivity index (χ1v) is 10.6. The van der Waals surface area contributed by atoms with Crippen LogP contribution < -0.4 is 15.4 Å². The van der Waals surface area contributed by atoms with Crippen molar-refractivity contribution in [1.29, 1.82) is 0 Å². The number of aromatic amines is 1. The van der Waals surface area contributed by atoms with Gasteiger partial charge in [-0.3, -0.25) is 4.98 Å². The largest absolute Gasteiger partial charge is 0.497 e. The van der Waals surface area contributed by atoms with E-state index < -0.39 is 17.7 Å². The number of piperidine rings is 1. The van der Waals surface area contributed by atoms with Crippen molar-refractivity contribution in [1.82, 2.24) is 15.0 Å². The normalized spacial score (nSPS) is 18.6. The van der Waals surface area contributed by atoms with Crippen LogP contribution in [-0.4, -0.2) is 52.4 Å². The number of rotatable bonds is 4. The second-order valence-corrected chi connectivity index (χ2v) is 8.18. The summed E-state index contributed by atoms with van der Waals surface area (Å²) in [4.78, 5) is 14.3. The number of aliphatic hydroxyl groups excluding tert-OH is 1. The number of aliphatic hydroxyl groups is 1. The number of halogens is 2. The lowest BCUT2D eigenvalue weighted by Crippen LogP contribution is -2.50. The first kappa shape index (κ1) is 21.3. The number of β-amino-alcohol motifs (C(OH)–C–C–N with tert-alkyl or cyclic N) is 1. The highest BCUT2D eigenvalue weighted by atomic mass is 19.1. The molecule has 4 N–H and O–H groups in total. The Bertz CT molecular complexity index is 1310. The van der Waals surface area contributed by atoms with Crippen LogP contribution in [0.1, 0.15) is 6.42 Å². The molecule has 0 amide bonds. The summed E-state index contributed by atoms with van der Waals surface area (Å²) >= 11 is 0. The average Bonchev–Trinajstić information content (AvgIpc) is 3.23. The van der Waals surface area contributed by atoms with E-state index in [1.807, 2.05) is 23.1 Å². The van der Waals surface area contributed by atoms with Gasteiger partial charge in [-0.2, -0.15) is 0 Å². The molecule has 170 valence electrons. The molecule has 0 aliphatic carbocycles. The fourth-order valence-electron chi connectivity index (χ4n) is 4.28. The number of aromatic nitrogens is 3. The smallest absolute Gasteiger partial charge is 0.142 e. The van der Waals surface area contributed by atoms with Crippen LogP contribution in [0.15, 0.2) is 48.8 Å². The van der Waals surface area contributed by atoms with Crippen molar-refractivity contribution in [2.45, 2.75) is 18.6 Å². The third kappa shape index (κ3) is 4.01. The minimum Gasteiger partial charge on any atom is -0.497 e. The van der Waals surface area contributed by atoms with E-state index in [2.05, 4.69) is 9.97 Å². The number of hydrogen-bond donors (Lipinski definition) is 3. The summed E-state index contributed by atoms with van der Waals surface area (Å²) in [7, 11) is 1.59. The van der Waals surface area contributed by atoms with Crippen LogP contribution >= 0.6 is 0 Å². The second kappa shape index (κ2) is 8.42. The Morgan fingerprint density at radius 3 is 2.61 bits per heavy atom. The average molecular weight is 451 g/mol. The van der Waals surface area contributed by atoms with Gasteiger partial charge in [-0.25, -0.2) is 13.8 Å². The molecule has 1 aliphatic rings. The molecular formula is C24H23F2N5O2. The Morgan fingerprint density at radius 1 is 1.12 bits per heavy atom. The maximum Gasteiger partial charge on any atom is 0.142 e. The molecule has 1 fully saturated rings. The topological polar surface area (TPSA) is 100 Å². The molecule has 0 saturated carbocycles. The van der Waals surface area contributed by atoms with Gasteiger partial charge in [0.2, 0.25) is 0 Å². The standard InChI is InChI=1S/C24H23F2N5O2/c1-33-16-2-3-20-21(9-16)30-24(29-20)18-11-28-10-17(13-6-14(25)8-15(26)7-13)23(18)31-5-4-19(27)22(32)12-31/h2-3,6-11,19,22,32H,4-5,12,27H2,1H3,(H,29,30)/t19-,22+/m1/s1. The highest BCUT2D eigenvalue weighted by Crippen LogP contribution is 2.40. The number of hydrogen-bond acceptors (Lipinski definition) is 6. The minimum absolute atomic E-state index is 0.275. The van der Waals surface area contributed by atoms with Crippen LogP contribution in [0, 0.1) is 11.6 Å². The monoisotopic (exact) mass is 451 g/mol. The quantitative estimate of drug-likeness (QED) is 0.439. The molecular weight excluding hydrogens is 428 g/mol. The van der Waals surface area contributed by atoms with Gasteiger partial charge >= 0.3 is 0 Å². The first-order chi connectivity index (χ1) is 15.9. The number of nitrogens with zero attached hydrogens (tertiary/aromatic N) is 3. The fraction of sp³-hybridized carbons (Fsp3) is 0.250. The Hall–Kier alpha value is -3.56. The van der Waals surface area contributed by atoms with Gasteiger partial charge in [-0.05, 0) is 36.2 Å². The lowest BCUT2D eigenvalue weighted by atomic mass is 9.97. The summed E-state index contributed by atoms with van der Waals surface area (Å²) in [5.74, 6) is -0.132. The van der Waals surface area contributed by atoms with Crippen LogP contribution in [-0.2, 0) is 0 Å². The molecule has 3 heterocycles. The van der Waals surface area contributed by atoms with Crippen molar-refractivity contribution in [2.24, 2.45) is 5.73 Å². The number of fused-ring (bicyclic) bond motifs is 1. The number of anilines is 1. The molecule has 7 nitrogen and oxygen atoms in total. The molecule has 9 heteroatoms. The third-order valence-corrected chi connectivity index (χ3v) is 5.99. The number of pyridine rings is 1. The van der Waals surface area contributed by atoms with E-state index >= 15 is 0 Å². The van der Waals surface area contributed by atoms with E-state index in [4.69, 9.17) is 15.5 Å². The Kier molecular flexibility index (Phi) is 5.43. The van der Waals surface area contributed by atoms with Crippen molar-refractivity contribution in [3.63, 3.8) is 0 Å². The molecule has 2 atom stereocenters. The van der Waals surface area contributed by atoms with Crippen molar-refractivity contribution < 1.29 is 18.6 Å². The maximum absolute atomic E-state index is 14.1. The summed E-state index contributed by atoms with van der Waals surface area (Å²) in [6.07, 6.45) is 3.05. The van der Waals surface area contributed by atoms with Crippen LogP contribution in [0.5, 0.6) is 5.75 Å². The third-order valence-electron chi connectivity index (χ3n) is 5.99. The highest BCUT2D eigenvalue weighted by molar-refractivity contribution is 5.91. The summed E-state index contributed by atoms with van der Waals surface area (Å²) in [5.41, 5.74) is 9.73. The Balaban J connectivity index is 1.71. The summed E-state index contributed by atoms with van der Waals surface area (Å²) in [6.45, 7) is 0.838. The predicted octanol–water partition coefficient (Wildman–Crippen LogP) is 3.48. The SMILES string of the molecule is COc1ccc2nc(-c3cncc(-c4cc(F)cc(F)c4)c3N3CC[C@@H](N)[C@@H](O)C3)[nH]c2c1. The number of nitrogens with two attached hydrogens (primary N) is 1. The summed E-state index contributed by atoms with van der Waals surface area (Å²) in [6, 6.07) is 8.54. The molecule has 4 aromatic rings. The number of benzene rings is 2. The lowest BCUT2D eigenvalue weighted by Gasteiger charge is -2.37.